The van der Waals surface area contributed by atoms with Gasteiger partial charge in [0, 0.05) is 42.4 Å². The highest BCUT2D eigenvalue weighted by Gasteiger charge is 2.41. The number of anilines is 1. The Hall–Kier alpha value is -4.17. The smallest absolute Gasteiger partial charge is 0.226 e. The van der Waals surface area contributed by atoms with Gasteiger partial charge in [-0.05, 0) is 85.4 Å². The summed E-state index contributed by atoms with van der Waals surface area (Å²) in [5, 5.41) is 16.8. The van der Waals surface area contributed by atoms with E-state index in [9.17, 15) is 9.90 Å². The van der Waals surface area contributed by atoms with Gasteiger partial charge in [0.25, 0.3) is 0 Å². The fraction of sp³-hybridized carbons (Fsp3) is 0.179. The Morgan fingerprint density at radius 3 is 2.67 bits per heavy atom. The summed E-state index contributed by atoms with van der Waals surface area (Å²) in [6.07, 6.45) is 4.04. The molecule has 2 aromatic carbocycles. The number of aryl methyl sites for hydroxylation is 1. The molecule has 2 atom stereocenters. The minimum absolute atomic E-state index is 0.0719. The first kappa shape index (κ1) is 23.6. The number of aromatic hydroxyl groups is 1. The van der Waals surface area contributed by atoms with Crippen LogP contribution in [-0.2, 0) is 4.79 Å². The Morgan fingerprint density at radius 1 is 1.08 bits per heavy atom. The summed E-state index contributed by atoms with van der Waals surface area (Å²) in [4.78, 5) is 19.5. The lowest BCUT2D eigenvalue weighted by Gasteiger charge is -2.29. The van der Waals surface area contributed by atoms with E-state index in [0.717, 1.165) is 28.3 Å². The van der Waals surface area contributed by atoms with Gasteiger partial charge in [0.1, 0.15) is 5.75 Å². The molecule has 0 radical (unpaired) electrons. The van der Waals surface area contributed by atoms with E-state index in [4.69, 9.17) is 12.2 Å². The summed E-state index contributed by atoms with van der Waals surface area (Å²) in [7, 11) is 0. The molecule has 7 nitrogen and oxygen atoms in total. The summed E-state index contributed by atoms with van der Waals surface area (Å²) < 4.78 is 2.08. The lowest BCUT2D eigenvalue weighted by Crippen LogP contribution is -2.33. The van der Waals surface area contributed by atoms with Crippen LogP contribution in [0, 0.1) is 6.92 Å². The zero-order chi connectivity index (χ0) is 25.1. The maximum absolute atomic E-state index is 12.8. The van der Waals surface area contributed by atoms with Crippen LogP contribution in [-0.4, -0.2) is 37.1 Å². The van der Waals surface area contributed by atoms with Gasteiger partial charge in [0.15, 0.2) is 5.11 Å². The Morgan fingerprint density at radius 2 is 1.92 bits per heavy atom. The molecule has 3 N–H and O–H groups in total. The molecule has 5 rings (SSSR count). The van der Waals surface area contributed by atoms with Crippen molar-refractivity contribution in [2.45, 2.75) is 25.4 Å². The maximum atomic E-state index is 12.8. The van der Waals surface area contributed by atoms with E-state index >= 15 is 0 Å². The van der Waals surface area contributed by atoms with E-state index in [1.165, 1.54) is 0 Å². The molecule has 8 heteroatoms. The number of amides is 1. The summed E-state index contributed by atoms with van der Waals surface area (Å²) in [6, 6.07) is 24.3. The number of phenolic OH excluding ortho intramolecular Hbond substituents is 1. The molecule has 4 aromatic rings. The maximum Gasteiger partial charge on any atom is 0.226 e. The van der Waals surface area contributed by atoms with Crippen LogP contribution in [0.1, 0.15) is 35.5 Å². The third-order valence-electron chi connectivity index (χ3n) is 6.29. The SMILES string of the molecule is Cc1cccc(NC(=O)CCN2C(=S)N[C@H](c3ccccn3)[C@H]2c2cccn2-c2ccc(O)cc2)c1. The predicted molar refractivity (Wildman–Crippen MR) is 144 cm³/mol. The quantitative estimate of drug-likeness (QED) is 0.316. The number of nitrogens with one attached hydrogen (secondary N) is 2. The third-order valence-corrected chi connectivity index (χ3v) is 6.64. The summed E-state index contributed by atoms with van der Waals surface area (Å²) >= 11 is 5.76. The summed E-state index contributed by atoms with van der Waals surface area (Å²) in [6.45, 7) is 2.44. The number of benzene rings is 2. The number of hydrogen-bond donors (Lipinski definition) is 3. The zero-order valence-electron chi connectivity index (χ0n) is 19.8. The topological polar surface area (TPSA) is 82.4 Å². The summed E-state index contributed by atoms with van der Waals surface area (Å²) in [5.41, 5.74) is 4.66. The largest absolute Gasteiger partial charge is 0.508 e. The molecule has 1 aliphatic rings. The van der Waals surface area contributed by atoms with Crippen molar-refractivity contribution < 1.29 is 9.90 Å². The number of phenols is 1. The van der Waals surface area contributed by atoms with Crippen molar-refractivity contribution in [3.05, 3.63) is 108 Å². The predicted octanol–water partition coefficient (Wildman–Crippen LogP) is 4.89. The number of rotatable bonds is 7. The van der Waals surface area contributed by atoms with Crippen molar-refractivity contribution in [1.82, 2.24) is 19.8 Å². The lowest BCUT2D eigenvalue weighted by atomic mass is 10.0. The van der Waals surface area contributed by atoms with Crippen LogP contribution in [0.5, 0.6) is 5.75 Å². The molecule has 1 saturated heterocycles. The molecule has 182 valence electrons. The molecule has 0 bridgehead atoms. The van der Waals surface area contributed by atoms with Crippen molar-refractivity contribution >= 4 is 28.9 Å². The third kappa shape index (κ3) is 4.94. The molecule has 2 aromatic heterocycles. The van der Waals surface area contributed by atoms with Gasteiger partial charge in [-0.25, -0.2) is 0 Å². The second-order valence-electron chi connectivity index (χ2n) is 8.81. The van der Waals surface area contributed by atoms with Crippen LogP contribution in [0.15, 0.2) is 91.3 Å². The van der Waals surface area contributed by atoms with E-state index in [0.29, 0.717) is 11.7 Å². The van der Waals surface area contributed by atoms with Crippen LogP contribution in [0.2, 0.25) is 0 Å². The van der Waals surface area contributed by atoms with Gasteiger partial charge in [0.05, 0.1) is 17.8 Å². The molecule has 1 fully saturated rings. The van der Waals surface area contributed by atoms with E-state index in [-0.39, 0.29) is 30.2 Å². The van der Waals surface area contributed by atoms with Crippen molar-refractivity contribution in [1.29, 1.82) is 0 Å². The highest BCUT2D eigenvalue weighted by Crippen LogP contribution is 2.39. The number of nitrogens with zero attached hydrogens (tertiary/aromatic N) is 3. The van der Waals surface area contributed by atoms with E-state index < -0.39 is 0 Å². The Labute approximate surface area is 215 Å². The molecule has 0 unspecified atom stereocenters. The molecule has 0 saturated carbocycles. The van der Waals surface area contributed by atoms with E-state index in [2.05, 4.69) is 31.2 Å². The fourth-order valence-electron chi connectivity index (χ4n) is 4.62. The van der Waals surface area contributed by atoms with Gasteiger partial charge in [-0.1, -0.05) is 18.2 Å². The Bertz CT molecular complexity index is 1370. The first-order valence-electron chi connectivity index (χ1n) is 11.8. The van der Waals surface area contributed by atoms with Crippen molar-refractivity contribution in [3.63, 3.8) is 0 Å². The van der Waals surface area contributed by atoms with E-state index in [1.807, 2.05) is 73.8 Å². The minimum Gasteiger partial charge on any atom is -0.508 e. The van der Waals surface area contributed by atoms with Crippen molar-refractivity contribution in [2.75, 3.05) is 11.9 Å². The molecule has 0 spiro atoms. The molecular formula is C28H27N5O2S. The molecule has 3 heterocycles. The van der Waals surface area contributed by atoms with Gasteiger partial charge in [-0.15, -0.1) is 0 Å². The second kappa shape index (κ2) is 10.2. The molecule has 0 aliphatic carbocycles. The van der Waals surface area contributed by atoms with Gasteiger partial charge in [-0.2, -0.15) is 0 Å². The van der Waals surface area contributed by atoms with Gasteiger partial charge < -0.3 is 25.2 Å². The molecule has 1 aliphatic heterocycles. The first-order chi connectivity index (χ1) is 17.5. The lowest BCUT2D eigenvalue weighted by molar-refractivity contribution is -0.116. The standard InChI is InChI=1S/C28H27N5O2S/c1-19-6-4-7-20(18-19)30-25(35)14-17-33-27(26(31-28(33)36)23-8-2-3-15-29-23)24-9-5-16-32(24)21-10-12-22(34)13-11-21/h2-13,15-16,18,26-27,34H,14,17H2,1H3,(H,30,35)(H,31,36)/t26-,27-/m1/s1. The second-order valence-corrected chi connectivity index (χ2v) is 9.19. The van der Waals surface area contributed by atoms with E-state index in [1.54, 1.807) is 18.3 Å². The molecule has 36 heavy (non-hydrogen) atoms. The highest BCUT2D eigenvalue weighted by atomic mass is 32.1. The van der Waals surface area contributed by atoms with Gasteiger partial charge in [-0.3, -0.25) is 9.78 Å². The zero-order valence-corrected chi connectivity index (χ0v) is 20.7. The normalized spacial score (nSPS) is 17.1. The molecule has 1 amide bonds. The number of hydrogen-bond acceptors (Lipinski definition) is 4. The summed E-state index contributed by atoms with van der Waals surface area (Å²) in [5.74, 6) is 0.140. The minimum atomic E-state index is -0.192. The van der Waals surface area contributed by atoms with Gasteiger partial charge in [0.2, 0.25) is 5.91 Å². The Kier molecular flexibility index (Phi) is 6.69. The number of aromatic nitrogens is 2. The number of pyridine rings is 1. The number of thiocarbonyl (C=S) groups is 1. The van der Waals surface area contributed by atoms with Crippen molar-refractivity contribution in [3.8, 4) is 11.4 Å². The average molecular weight is 498 g/mol. The van der Waals surface area contributed by atoms with Gasteiger partial charge >= 0.3 is 0 Å². The van der Waals surface area contributed by atoms with Crippen LogP contribution in [0.25, 0.3) is 5.69 Å². The first-order valence-corrected chi connectivity index (χ1v) is 12.2. The van der Waals surface area contributed by atoms with Crippen LogP contribution in [0.4, 0.5) is 5.69 Å². The number of carbonyl (C=O) groups excluding carboxylic acids is 1. The fourth-order valence-corrected chi connectivity index (χ4v) is 4.95. The number of carbonyl (C=O) groups is 1. The van der Waals surface area contributed by atoms with Crippen LogP contribution >= 0.6 is 12.2 Å². The Balaban J connectivity index is 1.44. The van der Waals surface area contributed by atoms with Crippen molar-refractivity contribution in [2.24, 2.45) is 0 Å². The molecular weight excluding hydrogens is 470 g/mol. The highest BCUT2D eigenvalue weighted by molar-refractivity contribution is 7.80. The van der Waals surface area contributed by atoms with Crippen LogP contribution < -0.4 is 10.6 Å². The van der Waals surface area contributed by atoms with Crippen LogP contribution in [0.3, 0.4) is 0 Å². The average Bonchev–Trinajstić information content (AvgIpc) is 3.48. The monoisotopic (exact) mass is 497 g/mol.